The van der Waals surface area contributed by atoms with Crippen molar-refractivity contribution in [2.75, 3.05) is 20.3 Å². The van der Waals surface area contributed by atoms with Gasteiger partial charge in [-0.2, -0.15) is 0 Å². The maximum absolute atomic E-state index is 13.1. The van der Waals surface area contributed by atoms with Crippen molar-refractivity contribution in [1.82, 2.24) is 9.88 Å². The van der Waals surface area contributed by atoms with Gasteiger partial charge in [0.15, 0.2) is 0 Å². The smallest absolute Gasteiger partial charge is 0.262 e. The Morgan fingerprint density at radius 2 is 1.70 bits per heavy atom. The van der Waals surface area contributed by atoms with Crippen molar-refractivity contribution in [3.05, 3.63) is 88.0 Å². The molecular formula is C24H22N2O3S. The van der Waals surface area contributed by atoms with Crippen LogP contribution in [0.1, 0.15) is 16.1 Å². The summed E-state index contributed by atoms with van der Waals surface area (Å²) in [6.45, 7) is 1.12. The Balaban J connectivity index is 1.90. The van der Waals surface area contributed by atoms with Gasteiger partial charge in [0.05, 0.1) is 5.69 Å². The molecule has 4 rings (SSSR count). The topological polar surface area (TPSA) is 60.3 Å². The minimum atomic E-state index is -0.141. The molecule has 30 heavy (non-hydrogen) atoms. The number of benzene rings is 2. The third-order valence-electron chi connectivity index (χ3n) is 4.84. The molecule has 0 aliphatic heterocycles. The molecule has 2 aromatic carbocycles. The highest BCUT2D eigenvalue weighted by atomic mass is 32.1. The van der Waals surface area contributed by atoms with Gasteiger partial charge >= 0.3 is 0 Å². The summed E-state index contributed by atoms with van der Waals surface area (Å²) in [4.78, 5) is 27.2. The molecule has 5 nitrogen and oxygen atoms in total. The maximum atomic E-state index is 13.1. The van der Waals surface area contributed by atoms with Gasteiger partial charge in [0.2, 0.25) is 0 Å². The van der Waals surface area contributed by atoms with Crippen molar-refractivity contribution >= 4 is 27.5 Å². The van der Waals surface area contributed by atoms with E-state index in [0.29, 0.717) is 18.0 Å². The standard InChI is InChI=1S/C24H22N2O3S/c1-29-16-8-15-25-23(28)22-21(17-9-4-2-5-10-17)19-13-14-20(27)26(24(19)30-22)18-11-6-3-7-12-18/h2-7,9-14H,8,15-16H2,1H3,(H,25,28). The Labute approximate surface area is 178 Å². The van der Waals surface area contributed by atoms with E-state index in [2.05, 4.69) is 5.32 Å². The molecular weight excluding hydrogens is 396 g/mol. The second-order valence-electron chi connectivity index (χ2n) is 6.84. The Morgan fingerprint density at radius 3 is 2.40 bits per heavy atom. The first kappa shape index (κ1) is 20.1. The molecule has 0 atom stereocenters. The summed E-state index contributed by atoms with van der Waals surface area (Å²) in [5.74, 6) is -0.141. The zero-order chi connectivity index (χ0) is 20.9. The summed E-state index contributed by atoms with van der Waals surface area (Å²) in [5.41, 5.74) is 2.45. The molecule has 0 spiro atoms. The number of ether oxygens (including phenoxy) is 1. The van der Waals surface area contributed by atoms with Gasteiger partial charge in [-0.15, -0.1) is 11.3 Å². The van der Waals surface area contributed by atoms with Crippen LogP contribution < -0.4 is 10.9 Å². The first-order valence-electron chi connectivity index (χ1n) is 9.77. The van der Waals surface area contributed by atoms with Gasteiger partial charge in [-0.1, -0.05) is 48.5 Å². The van der Waals surface area contributed by atoms with Gasteiger partial charge in [-0.25, -0.2) is 0 Å². The van der Waals surface area contributed by atoms with Gasteiger partial charge in [-0.05, 0) is 30.2 Å². The molecule has 4 aromatic rings. The van der Waals surface area contributed by atoms with Crippen LogP contribution in [0.15, 0.2) is 77.6 Å². The van der Waals surface area contributed by atoms with Gasteiger partial charge < -0.3 is 10.1 Å². The lowest BCUT2D eigenvalue weighted by Gasteiger charge is -2.08. The Kier molecular flexibility index (Phi) is 6.07. The minimum absolute atomic E-state index is 0.124. The zero-order valence-corrected chi connectivity index (χ0v) is 17.4. The Morgan fingerprint density at radius 1 is 1.00 bits per heavy atom. The maximum Gasteiger partial charge on any atom is 0.262 e. The number of carbonyl (C=O) groups is 1. The van der Waals surface area contributed by atoms with E-state index >= 15 is 0 Å². The number of nitrogens with one attached hydrogen (secondary N) is 1. The molecule has 2 aromatic heterocycles. The van der Waals surface area contributed by atoms with Crippen LogP contribution in [0.5, 0.6) is 0 Å². The van der Waals surface area contributed by atoms with Gasteiger partial charge in [-0.3, -0.25) is 14.2 Å². The van der Waals surface area contributed by atoms with Crippen LogP contribution in [0.3, 0.4) is 0 Å². The fourth-order valence-electron chi connectivity index (χ4n) is 3.45. The zero-order valence-electron chi connectivity index (χ0n) is 16.6. The molecule has 0 saturated heterocycles. The summed E-state index contributed by atoms with van der Waals surface area (Å²) in [5, 5.41) is 3.87. The van der Waals surface area contributed by atoms with E-state index in [1.807, 2.05) is 66.7 Å². The number of nitrogens with zero attached hydrogens (tertiary/aromatic N) is 1. The number of para-hydroxylation sites is 1. The molecule has 1 amide bonds. The van der Waals surface area contributed by atoms with Crippen LogP contribution >= 0.6 is 11.3 Å². The molecule has 6 heteroatoms. The van der Waals surface area contributed by atoms with E-state index in [4.69, 9.17) is 4.74 Å². The van der Waals surface area contributed by atoms with Crippen molar-refractivity contribution in [2.24, 2.45) is 0 Å². The molecule has 2 heterocycles. The SMILES string of the molecule is COCCCNC(=O)c1sc2c(ccc(=O)n2-c2ccccc2)c1-c1ccccc1. The summed E-state index contributed by atoms with van der Waals surface area (Å²) in [6, 6.07) is 22.7. The van der Waals surface area contributed by atoms with Crippen LogP contribution in [0.25, 0.3) is 27.0 Å². The van der Waals surface area contributed by atoms with Crippen molar-refractivity contribution in [2.45, 2.75) is 6.42 Å². The second-order valence-corrected chi connectivity index (χ2v) is 7.83. The second kappa shape index (κ2) is 9.07. The van der Waals surface area contributed by atoms with Gasteiger partial charge in [0.1, 0.15) is 9.71 Å². The lowest BCUT2D eigenvalue weighted by molar-refractivity contribution is 0.0953. The number of amides is 1. The average Bonchev–Trinajstić information content (AvgIpc) is 3.17. The van der Waals surface area contributed by atoms with Crippen LogP contribution in [-0.2, 0) is 4.74 Å². The predicted octanol–water partition coefficient (Wildman–Crippen LogP) is 4.49. The summed E-state index contributed by atoms with van der Waals surface area (Å²) < 4.78 is 6.74. The number of rotatable bonds is 7. The first-order chi connectivity index (χ1) is 14.7. The number of thiophene rings is 1. The Bertz CT molecular complexity index is 1210. The monoisotopic (exact) mass is 418 g/mol. The Hall–Kier alpha value is -3.22. The van der Waals surface area contributed by atoms with E-state index < -0.39 is 0 Å². The van der Waals surface area contributed by atoms with Gasteiger partial charge in [0, 0.05) is 37.3 Å². The molecule has 0 aliphatic rings. The largest absolute Gasteiger partial charge is 0.385 e. The molecule has 0 bridgehead atoms. The van der Waals surface area contributed by atoms with Crippen LogP contribution in [0.2, 0.25) is 0 Å². The van der Waals surface area contributed by atoms with Crippen molar-refractivity contribution in [1.29, 1.82) is 0 Å². The third-order valence-corrected chi connectivity index (χ3v) is 6.02. The molecule has 1 N–H and O–H groups in total. The number of hydrogen-bond acceptors (Lipinski definition) is 4. The van der Waals surface area contributed by atoms with Crippen molar-refractivity contribution in [3.63, 3.8) is 0 Å². The molecule has 0 aliphatic carbocycles. The number of methoxy groups -OCH3 is 1. The fraction of sp³-hybridized carbons (Fsp3) is 0.167. The molecule has 0 radical (unpaired) electrons. The lowest BCUT2D eigenvalue weighted by Crippen LogP contribution is -2.24. The number of hydrogen-bond donors (Lipinski definition) is 1. The average molecular weight is 419 g/mol. The van der Waals surface area contributed by atoms with Crippen LogP contribution in [0.4, 0.5) is 0 Å². The number of carbonyl (C=O) groups excluding carboxylic acids is 1. The van der Waals surface area contributed by atoms with E-state index in [-0.39, 0.29) is 11.5 Å². The van der Waals surface area contributed by atoms with Crippen LogP contribution in [-0.4, -0.2) is 30.7 Å². The van der Waals surface area contributed by atoms with Crippen molar-refractivity contribution < 1.29 is 9.53 Å². The number of fused-ring (bicyclic) bond motifs is 1. The minimum Gasteiger partial charge on any atom is -0.385 e. The third kappa shape index (κ3) is 3.92. The quantitative estimate of drug-likeness (QED) is 0.450. The number of aromatic nitrogens is 1. The summed E-state index contributed by atoms with van der Waals surface area (Å²) in [6.07, 6.45) is 0.739. The molecule has 0 unspecified atom stereocenters. The van der Waals surface area contributed by atoms with E-state index in [1.165, 1.54) is 11.3 Å². The number of pyridine rings is 1. The fourth-order valence-corrected chi connectivity index (χ4v) is 4.71. The van der Waals surface area contributed by atoms with E-state index in [1.54, 1.807) is 17.7 Å². The highest BCUT2D eigenvalue weighted by Gasteiger charge is 2.22. The predicted molar refractivity (Wildman–Crippen MR) is 122 cm³/mol. The summed E-state index contributed by atoms with van der Waals surface area (Å²) in [7, 11) is 1.64. The van der Waals surface area contributed by atoms with Gasteiger partial charge in [0.25, 0.3) is 11.5 Å². The molecule has 152 valence electrons. The summed E-state index contributed by atoms with van der Waals surface area (Å²) >= 11 is 1.35. The van der Waals surface area contributed by atoms with E-state index in [9.17, 15) is 9.59 Å². The first-order valence-corrected chi connectivity index (χ1v) is 10.6. The molecule has 0 fully saturated rings. The van der Waals surface area contributed by atoms with Crippen molar-refractivity contribution in [3.8, 4) is 16.8 Å². The highest BCUT2D eigenvalue weighted by molar-refractivity contribution is 7.21. The lowest BCUT2D eigenvalue weighted by atomic mass is 10.0. The highest BCUT2D eigenvalue weighted by Crippen LogP contribution is 2.38. The normalized spacial score (nSPS) is 11.0. The molecule has 0 saturated carbocycles. The van der Waals surface area contributed by atoms with E-state index in [0.717, 1.165) is 33.5 Å². The van der Waals surface area contributed by atoms with Crippen LogP contribution in [0, 0.1) is 0 Å².